The Bertz CT molecular complexity index is 456. The van der Waals surface area contributed by atoms with Crippen LogP contribution in [-0.2, 0) is 0 Å². The van der Waals surface area contributed by atoms with Gasteiger partial charge in [-0.15, -0.1) is 0 Å². The van der Waals surface area contributed by atoms with Crippen molar-refractivity contribution in [2.24, 2.45) is 0 Å². The SMILES string of the molecule is Cc1cc(N(CCO)C2CCCC2)c(C(=O)O)cn1. The van der Waals surface area contributed by atoms with E-state index in [2.05, 4.69) is 4.98 Å². The molecule has 2 N–H and O–H groups in total. The molecule has 0 aliphatic heterocycles. The number of nitrogens with zero attached hydrogens (tertiary/aromatic N) is 2. The average Bonchev–Trinajstić information content (AvgIpc) is 2.89. The van der Waals surface area contributed by atoms with Crippen LogP contribution >= 0.6 is 0 Å². The zero-order chi connectivity index (χ0) is 13.8. The van der Waals surface area contributed by atoms with Crippen LogP contribution in [-0.4, -0.2) is 40.4 Å². The Morgan fingerprint density at radius 1 is 1.47 bits per heavy atom. The highest BCUT2D eigenvalue weighted by Gasteiger charge is 2.26. The van der Waals surface area contributed by atoms with E-state index in [4.69, 9.17) is 0 Å². The highest BCUT2D eigenvalue weighted by Crippen LogP contribution is 2.30. The number of carboxylic acid groups (broad SMARTS) is 1. The Hall–Kier alpha value is -1.62. The molecule has 1 aromatic rings. The maximum absolute atomic E-state index is 11.3. The Balaban J connectivity index is 2.39. The van der Waals surface area contributed by atoms with Gasteiger partial charge in [-0.1, -0.05) is 12.8 Å². The molecule has 0 spiro atoms. The first-order chi connectivity index (χ1) is 9.13. The Morgan fingerprint density at radius 2 is 2.16 bits per heavy atom. The van der Waals surface area contributed by atoms with Gasteiger partial charge >= 0.3 is 5.97 Å². The molecule has 0 radical (unpaired) electrons. The van der Waals surface area contributed by atoms with Crippen molar-refractivity contribution in [3.8, 4) is 0 Å². The molecule has 19 heavy (non-hydrogen) atoms. The number of pyridine rings is 1. The lowest BCUT2D eigenvalue weighted by Gasteiger charge is -2.31. The number of carbonyl (C=O) groups is 1. The minimum absolute atomic E-state index is 0.0247. The molecule has 104 valence electrons. The quantitative estimate of drug-likeness (QED) is 0.848. The van der Waals surface area contributed by atoms with Gasteiger partial charge in [0.05, 0.1) is 12.3 Å². The summed E-state index contributed by atoms with van der Waals surface area (Å²) in [6.45, 7) is 2.34. The van der Waals surface area contributed by atoms with Crippen molar-refractivity contribution in [1.82, 2.24) is 4.98 Å². The first kappa shape index (κ1) is 13.8. The summed E-state index contributed by atoms with van der Waals surface area (Å²) in [5.41, 5.74) is 1.69. The second-order valence-electron chi connectivity index (χ2n) is 5.00. The van der Waals surface area contributed by atoms with Crippen LogP contribution in [0.15, 0.2) is 12.3 Å². The third kappa shape index (κ3) is 3.04. The third-order valence-electron chi connectivity index (χ3n) is 3.67. The van der Waals surface area contributed by atoms with Crippen molar-refractivity contribution in [3.05, 3.63) is 23.5 Å². The van der Waals surface area contributed by atoms with E-state index in [-0.39, 0.29) is 12.2 Å². The molecule has 0 aromatic carbocycles. The molecular formula is C14H20N2O3. The number of aliphatic hydroxyl groups is 1. The fourth-order valence-corrected chi connectivity index (χ4v) is 2.77. The topological polar surface area (TPSA) is 73.7 Å². The molecule has 2 rings (SSSR count). The van der Waals surface area contributed by atoms with Crippen molar-refractivity contribution in [1.29, 1.82) is 0 Å². The summed E-state index contributed by atoms with van der Waals surface area (Å²) in [4.78, 5) is 17.4. The van der Waals surface area contributed by atoms with Gasteiger partial charge < -0.3 is 15.1 Å². The predicted molar refractivity (Wildman–Crippen MR) is 72.6 cm³/mol. The molecule has 0 atom stereocenters. The molecule has 1 aliphatic rings. The van der Waals surface area contributed by atoms with Crippen LogP contribution < -0.4 is 4.90 Å². The standard InChI is InChI=1S/C14H20N2O3/c1-10-8-13(12(9-15-10)14(18)19)16(6-7-17)11-4-2-3-5-11/h8-9,11,17H,2-7H2,1H3,(H,18,19). The van der Waals surface area contributed by atoms with Gasteiger partial charge in [0, 0.05) is 24.5 Å². The molecule has 0 saturated heterocycles. The van der Waals surface area contributed by atoms with Gasteiger partial charge in [0.25, 0.3) is 0 Å². The zero-order valence-corrected chi connectivity index (χ0v) is 11.2. The fraction of sp³-hybridized carbons (Fsp3) is 0.571. The molecule has 1 saturated carbocycles. The molecule has 5 nitrogen and oxygen atoms in total. The number of hydrogen-bond donors (Lipinski definition) is 2. The third-order valence-corrected chi connectivity index (χ3v) is 3.67. The fourth-order valence-electron chi connectivity index (χ4n) is 2.77. The summed E-state index contributed by atoms with van der Waals surface area (Å²) in [7, 11) is 0. The van der Waals surface area contributed by atoms with Gasteiger partial charge in [0.15, 0.2) is 0 Å². The largest absolute Gasteiger partial charge is 0.478 e. The summed E-state index contributed by atoms with van der Waals surface area (Å²) >= 11 is 0. The minimum atomic E-state index is -0.969. The van der Waals surface area contributed by atoms with E-state index in [1.54, 1.807) is 6.07 Å². The van der Waals surface area contributed by atoms with Crippen LogP contribution in [0.2, 0.25) is 0 Å². The van der Waals surface area contributed by atoms with E-state index < -0.39 is 5.97 Å². The number of aryl methyl sites for hydroxylation is 1. The number of carboxylic acids is 1. The normalized spacial score (nSPS) is 15.7. The number of hydrogen-bond acceptors (Lipinski definition) is 4. The number of aromatic nitrogens is 1. The molecule has 1 aromatic heterocycles. The van der Waals surface area contributed by atoms with E-state index in [9.17, 15) is 15.0 Å². The lowest BCUT2D eigenvalue weighted by Crippen LogP contribution is -2.36. The maximum atomic E-state index is 11.3. The monoisotopic (exact) mass is 264 g/mol. The van der Waals surface area contributed by atoms with Gasteiger partial charge in [0.2, 0.25) is 0 Å². The molecule has 5 heteroatoms. The van der Waals surface area contributed by atoms with Crippen LogP contribution in [0.3, 0.4) is 0 Å². The molecule has 0 bridgehead atoms. The summed E-state index contributed by atoms with van der Waals surface area (Å²) in [5, 5.41) is 18.5. The van der Waals surface area contributed by atoms with Crippen molar-refractivity contribution >= 4 is 11.7 Å². The molecule has 0 amide bonds. The highest BCUT2D eigenvalue weighted by molar-refractivity contribution is 5.94. The Morgan fingerprint density at radius 3 is 2.74 bits per heavy atom. The predicted octanol–water partition coefficient (Wildman–Crippen LogP) is 1.83. The summed E-state index contributed by atoms with van der Waals surface area (Å²) in [5.74, 6) is -0.969. The van der Waals surface area contributed by atoms with Crippen LogP contribution in [0.4, 0.5) is 5.69 Å². The molecule has 1 heterocycles. The van der Waals surface area contributed by atoms with E-state index in [1.807, 2.05) is 11.8 Å². The van der Waals surface area contributed by atoms with Gasteiger partial charge in [-0.05, 0) is 25.8 Å². The molecule has 1 aliphatic carbocycles. The Kier molecular flexibility index (Phi) is 4.37. The summed E-state index contributed by atoms with van der Waals surface area (Å²) < 4.78 is 0. The smallest absolute Gasteiger partial charge is 0.339 e. The average molecular weight is 264 g/mol. The van der Waals surface area contributed by atoms with Crippen LogP contribution in [0.1, 0.15) is 41.7 Å². The second-order valence-corrected chi connectivity index (χ2v) is 5.00. The lowest BCUT2D eigenvalue weighted by atomic mass is 10.1. The van der Waals surface area contributed by atoms with Gasteiger partial charge in [-0.3, -0.25) is 4.98 Å². The zero-order valence-electron chi connectivity index (χ0n) is 11.2. The van der Waals surface area contributed by atoms with E-state index in [1.165, 1.54) is 19.0 Å². The molecular weight excluding hydrogens is 244 g/mol. The van der Waals surface area contributed by atoms with E-state index in [0.717, 1.165) is 18.5 Å². The molecule has 1 fully saturated rings. The van der Waals surface area contributed by atoms with Gasteiger partial charge in [0.1, 0.15) is 5.56 Å². The number of aliphatic hydroxyl groups excluding tert-OH is 1. The second kappa shape index (κ2) is 6.02. The minimum Gasteiger partial charge on any atom is -0.478 e. The first-order valence-corrected chi connectivity index (χ1v) is 6.71. The van der Waals surface area contributed by atoms with Gasteiger partial charge in [-0.2, -0.15) is 0 Å². The summed E-state index contributed by atoms with van der Waals surface area (Å²) in [6, 6.07) is 2.13. The Labute approximate surface area is 112 Å². The van der Waals surface area contributed by atoms with Crippen molar-refractivity contribution in [2.45, 2.75) is 38.6 Å². The number of aromatic carboxylic acids is 1. The van der Waals surface area contributed by atoms with Crippen molar-refractivity contribution in [3.63, 3.8) is 0 Å². The van der Waals surface area contributed by atoms with Crippen molar-refractivity contribution in [2.75, 3.05) is 18.1 Å². The number of anilines is 1. The first-order valence-electron chi connectivity index (χ1n) is 6.71. The van der Waals surface area contributed by atoms with Crippen LogP contribution in [0, 0.1) is 6.92 Å². The van der Waals surface area contributed by atoms with Gasteiger partial charge in [-0.25, -0.2) is 4.79 Å². The number of rotatable bonds is 5. The van der Waals surface area contributed by atoms with Crippen LogP contribution in [0.5, 0.6) is 0 Å². The lowest BCUT2D eigenvalue weighted by molar-refractivity contribution is 0.0697. The molecule has 0 unspecified atom stereocenters. The van der Waals surface area contributed by atoms with E-state index in [0.29, 0.717) is 18.3 Å². The maximum Gasteiger partial charge on any atom is 0.339 e. The van der Waals surface area contributed by atoms with Crippen molar-refractivity contribution < 1.29 is 15.0 Å². The summed E-state index contributed by atoms with van der Waals surface area (Å²) in [6.07, 6.45) is 5.85. The van der Waals surface area contributed by atoms with Crippen LogP contribution in [0.25, 0.3) is 0 Å². The highest BCUT2D eigenvalue weighted by atomic mass is 16.4. The van der Waals surface area contributed by atoms with E-state index >= 15 is 0 Å².